The van der Waals surface area contributed by atoms with Crippen LogP contribution in [0.2, 0.25) is 0 Å². The molecule has 2 aromatic rings. The largest absolute Gasteiger partial charge is 0.398 e. The molecule has 0 aliphatic heterocycles. The molecule has 0 amide bonds. The fourth-order valence-corrected chi connectivity index (χ4v) is 2.36. The molecule has 0 bridgehead atoms. The van der Waals surface area contributed by atoms with Crippen molar-refractivity contribution in [3.63, 3.8) is 0 Å². The molecule has 2 rings (SSSR count). The summed E-state index contributed by atoms with van der Waals surface area (Å²) in [6.07, 6.45) is 1.66. The van der Waals surface area contributed by atoms with E-state index in [1.165, 1.54) is 0 Å². The lowest BCUT2D eigenvalue weighted by molar-refractivity contribution is 0.103. The molecule has 0 saturated carbocycles. The number of nitrogen functional groups attached to an aromatic ring is 1. The Morgan fingerprint density at radius 3 is 2.26 bits per heavy atom. The lowest BCUT2D eigenvalue weighted by Crippen LogP contribution is -2.09. The lowest BCUT2D eigenvalue weighted by atomic mass is 9.93. The number of benzene rings is 2. The SMILES string of the molecule is CCc1ccc(C(=O)c2ccccc2)c(CC)c1N. The van der Waals surface area contributed by atoms with E-state index in [2.05, 4.69) is 6.92 Å². The second-order valence-electron chi connectivity index (χ2n) is 4.57. The first-order valence-electron chi connectivity index (χ1n) is 6.69. The summed E-state index contributed by atoms with van der Waals surface area (Å²) < 4.78 is 0. The predicted octanol–water partition coefficient (Wildman–Crippen LogP) is 3.62. The Kier molecular flexibility index (Phi) is 4.00. The number of hydrogen-bond donors (Lipinski definition) is 1. The summed E-state index contributed by atoms with van der Waals surface area (Å²) in [5, 5.41) is 0. The topological polar surface area (TPSA) is 43.1 Å². The molecule has 2 aromatic carbocycles. The minimum Gasteiger partial charge on any atom is -0.398 e. The average molecular weight is 253 g/mol. The van der Waals surface area contributed by atoms with Crippen LogP contribution in [0.4, 0.5) is 5.69 Å². The average Bonchev–Trinajstić information content (AvgIpc) is 2.47. The molecule has 0 spiro atoms. The van der Waals surface area contributed by atoms with Crippen molar-refractivity contribution in [3.05, 3.63) is 64.7 Å². The fourth-order valence-electron chi connectivity index (χ4n) is 2.36. The van der Waals surface area contributed by atoms with Crippen molar-refractivity contribution in [1.29, 1.82) is 0 Å². The van der Waals surface area contributed by atoms with E-state index in [1.807, 2.05) is 49.4 Å². The summed E-state index contributed by atoms with van der Waals surface area (Å²) in [5.41, 5.74) is 10.5. The maximum absolute atomic E-state index is 12.5. The van der Waals surface area contributed by atoms with Gasteiger partial charge in [0.25, 0.3) is 0 Å². The van der Waals surface area contributed by atoms with Crippen LogP contribution < -0.4 is 5.73 Å². The number of anilines is 1. The van der Waals surface area contributed by atoms with Gasteiger partial charge in [-0.05, 0) is 24.0 Å². The molecule has 2 heteroatoms. The van der Waals surface area contributed by atoms with E-state index in [4.69, 9.17) is 5.73 Å². The Morgan fingerprint density at radius 2 is 1.68 bits per heavy atom. The summed E-state index contributed by atoms with van der Waals surface area (Å²) in [6.45, 7) is 4.11. The van der Waals surface area contributed by atoms with Crippen molar-refractivity contribution >= 4 is 11.5 Å². The third kappa shape index (κ3) is 2.53. The number of hydrogen-bond acceptors (Lipinski definition) is 2. The van der Waals surface area contributed by atoms with Crippen molar-refractivity contribution in [2.75, 3.05) is 5.73 Å². The number of carbonyl (C=O) groups is 1. The Bertz CT molecular complexity index is 588. The Morgan fingerprint density at radius 1 is 1.00 bits per heavy atom. The molecule has 0 fully saturated rings. The fraction of sp³-hybridized carbons (Fsp3) is 0.235. The first kappa shape index (κ1) is 13.3. The smallest absolute Gasteiger partial charge is 0.193 e. The summed E-state index contributed by atoms with van der Waals surface area (Å²) in [6, 6.07) is 13.2. The van der Waals surface area contributed by atoms with E-state index in [0.717, 1.165) is 35.2 Å². The normalized spacial score (nSPS) is 10.4. The number of ketones is 1. The van der Waals surface area contributed by atoms with Gasteiger partial charge in [-0.1, -0.05) is 56.3 Å². The molecular weight excluding hydrogens is 234 g/mol. The third-order valence-corrected chi connectivity index (χ3v) is 3.46. The van der Waals surface area contributed by atoms with Gasteiger partial charge in [0.1, 0.15) is 0 Å². The molecule has 0 aromatic heterocycles. The van der Waals surface area contributed by atoms with Crippen LogP contribution in [0.3, 0.4) is 0 Å². The van der Waals surface area contributed by atoms with Crippen molar-refractivity contribution < 1.29 is 4.79 Å². The zero-order valence-corrected chi connectivity index (χ0v) is 11.4. The Labute approximate surface area is 114 Å². The van der Waals surface area contributed by atoms with Crippen LogP contribution in [0.5, 0.6) is 0 Å². The second-order valence-corrected chi connectivity index (χ2v) is 4.57. The number of nitrogens with two attached hydrogens (primary N) is 1. The van der Waals surface area contributed by atoms with Crippen molar-refractivity contribution in [3.8, 4) is 0 Å². The van der Waals surface area contributed by atoms with Gasteiger partial charge in [0.05, 0.1) is 0 Å². The molecule has 98 valence electrons. The zero-order chi connectivity index (χ0) is 13.8. The Hall–Kier alpha value is -2.09. The molecule has 19 heavy (non-hydrogen) atoms. The molecule has 0 heterocycles. The summed E-state index contributed by atoms with van der Waals surface area (Å²) in [5.74, 6) is 0.0480. The maximum Gasteiger partial charge on any atom is 0.193 e. The van der Waals surface area contributed by atoms with Crippen LogP contribution in [0, 0.1) is 0 Å². The monoisotopic (exact) mass is 253 g/mol. The highest BCUT2D eigenvalue weighted by atomic mass is 16.1. The molecule has 0 aliphatic rings. The van der Waals surface area contributed by atoms with Crippen molar-refractivity contribution in [1.82, 2.24) is 0 Å². The standard InChI is InChI=1S/C17H19NO/c1-3-12-10-11-15(14(4-2)16(12)18)17(19)13-8-6-5-7-9-13/h5-11H,3-4,18H2,1-2H3. The van der Waals surface area contributed by atoms with Gasteiger partial charge < -0.3 is 5.73 Å². The van der Waals surface area contributed by atoms with Gasteiger partial charge in [-0.15, -0.1) is 0 Å². The van der Waals surface area contributed by atoms with Gasteiger partial charge >= 0.3 is 0 Å². The quantitative estimate of drug-likeness (QED) is 0.668. The van der Waals surface area contributed by atoms with E-state index in [1.54, 1.807) is 0 Å². The van der Waals surface area contributed by atoms with E-state index < -0.39 is 0 Å². The number of rotatable bonds is 4. The third-order valence-electron chi connectivity index (χ3n) is 3.46. The van der Waals surface area contributed by atoms with Crippen LogP contribution in [-0.2, 0) is 12.8 Å². The summed E-state index contributed by atoms with van der Waals surface area (Å²) in [4.78, 5) is 12.5. The summed E-state index contributed by atoms with van der Waals surface area (Å²) >= 11 is 0. The van der Waals surface area contributed by atoms with Crippen LogP contribution in [0.25, 0.3) is 0 Å². The van der Waals surface area contributed by atoms with Gasteiger partial charge in [-0.3, -0.25) is 4.79 Å². The molecule has 0 saturated heterocycles. The van der Waals surface area contributed by atoms with E-state index in [9.17, 15) is 4.79 Å². The van der Waals surface area contributed by atoms with Gasteiger partial charge in [0.2, 0.25) is 0 Å². The van der Waals surface area contributed by atoms with E-state index >= 15 is 0 Å². The van der Waals surface area contributed by atoms with Crippen LogP contribution in [0.1, 0.15) is 40.9 Å². The summed E-state index contributed by atoms with van der Waals surface area (Å²) in [7, 11) is 0. The van der Waals surface area contributed by atoms with Crippen molar-refractivity contribution in [2.45, 2.75) is 26.7 Å². The number of carbonyl (C=O) groups excluding carboxylic acids is 1. The molecule has 0 radical (unpaired) electrons. The minimum atomic E-state index is 0.0480. The highest BCUT2D eigenvalue weighted by Gasteiger charge is 2.16. The van der Waals surface area contributed by atoms with Crippen LogP contribution in [-0.4, -0.2) is 5.78 Å². The molecular formula is C17H19NO. The second kappa shape index (κ2) is 5.70. The Balaban J connectivity index is 2.51. The first-order valence-corrected chi connectivity index (χ1v) is 6.69. The zero-order valence-electron chi connectivity index (χ0n) is 11.4. The van der Waals surface area contributed by atoms with Gasteiger partial charge in [0, 0.05) is 16.8 Å². The highest BCUT2D eigenvalue weighted by molar-refractivity contribution is 6.10. The van der Waals surface area contributed by atoms with Gasteiger partial charge in [-0.25, -0.2) is 0 Å². The molecule has 0 aliphatic carbocycles. The predicted molar refractivity (Wildman–Crippen MR) is 79.5 cm³/mol. The van der Waals surface area contributed by atoms with Crippen LogP contribution >= 0.6 is 0 Å². The van der Waals surface area contributed by atoms with Gasteiger partial charge in [0.15, 0.2) is 5.78 Å². The molecule has 0 unspecified atom stereocenters. The molecule has 2 N–H and O–H groups in total. The first-order chi connectivity index (χ1) is 9.19. The van der Waals surface area contributed by atoms with Gasteiger partial charge in [-0.2, -0.15) is 0 Å². The van der Waals surface area contributed by atoms with E-state index in [0.29, 0.717) is 5.56 Å². The molecule has 0 atom stereocenters. The van der Waals surface area contributed by atoms with E-state index in [-0.39, 0.29) is 5.78 Å². The minimum absolute atomic E-state index is 0.0480. The van der Waals surface area contributed by atoms with Crippen molar-refractivity contribution in [2.24, 2.45) is 0 Å². The van der Waals surface area contributed by atoms with Crippen LogP contribution in [0.15, 0.2) is 42.5 Å². The number of aryl methyl sites for hydroxylation is 1. The molecule has 2 nitrogen and oxygen atoms in total. The lowest BCUT2D eigenvalue weighted by Gasteiger charge is -2.13. The maximum atomic E-state index is 12.5. The highest BCUT2D eigenvalue weighted by Crippen LogP contribution is 2.25.